The molecule has 0 saturated heterocycles. The van der Waals surface area contributed by atoms with Crippen molar-refractivity contribution in [3.63, 3.8) is 0 Å². The van der Waals surface area contributed by atoms with Crippen molar-refractivity contribution in [2.75, 3.05) is 25.5 Å². The number of rotatable bonds is 7. The summed E-state index contributed by atoms with van der Waals surface area (Å²) in [7, 11) is 2.12. The molecule has 5 nitrogen and oxygen atoms in total. The van der Waals surface area contributed by atoms with Gasteiger partial charge in [0.2, 0.25) is 0 Å². The van der Waals surface area contributed by atoms with Gasteiger partial charge >= 0.3 is 0 Å². The Morgan fingerprint density at radius 1 is 1.53 bits per heavy atom. The zero-order chi connectivity index (χ0) is 14.4. The molecular weight excluding hydrogens is 308 g/mol. The van der Waals surface area contributed by atoms with Gasteiger partial charge in [0.15, 0.2) is 0 Å². The molecule has 19 heavy (non-hydrogen) atoms. The van der Waals surface area contributed by atoms with Crippen LogP contribution in [0.3, 0.4) is 0 Å². The number of nitrogens with zero attached hydrogens (tertiary/aromatic N) is 3. The quantitative estimate of drug-likeness (QED) is 0.778. The van der Waals surface area contributed by atoms with E-state index in [1.54, 1.807) is 6.20 Å². The van der Waals surface area contributed by atoms with Crippen LogP contribution >= 0.6 is 15.9 Å². The molecule has 1 aromatic rings. The van der Waals surface area contributed by atoms with E-state index in [2.05, 4.69) is 52.1 Å². The van der Waals surface area contributed by atoms with E-state index in [0.29, 0.717) is 17.1 Å². The lowest BCUT2D eigenvalue weighted by Gasteiger charge is -2.20. The van der Waals surface area contributed by atoms with Gasteiger partial charge in [0.1, 0.15) is 4.47 Å². The van der Waals surface area contributed by atoms with Crippen molar-refractivity contribution < 1.29 is 0 Å². The van der Waals surface area contributed by atoms with Crippen LogP contribution in [-0.4, -0.2) is 40.9 Å². The van der Waals surface area contributed by atoms with Gasteiger partial charge in [-0.15, -0.1) is 0 Å². The Balaban J connectivity index is 2.51. The molecule has 6 heteroatoms. The van der Waals surface area contributed by atoms with Gasteiger partial charge in [-0.2, -0.15) is 5.10 Å². The predicted molar refractivity (Wildman–Crippen MR) is 82.7 cm³/mol. The largest absolute Gasteiger partial charge is 0.383 e. The van der Waals surface area contributed by atoms with E-state index in [-0.39, 0.29) is 5.56 Å². The first-order valence-electron chi connectivity index (χ1n) is 6.67. The van der Waals surface area contributed by atoms with Crippen molar-refractivity contribution in [3.8, 4) is 0 Å². The van der Waals surface area contributed by atoms with Crippen LogP contribution in [0.5, 0.6) is 0 Å². The maximum atomic E-state index is 11.9. The lowest BCUT2D eigenvalue weighted by Crippen LogP contribution is -2.28. The second kappa shape index (κ2) is 7.65. The monoisotopic (exact) mass is 330 g/mol. The van der Waals surface area contributed by atoms with Crippen molar-refractivity contribution in [2.24, 2.45) is 0 Å². The van der Waals surface area contributed by atoms with Crippen molar-refractivity contribution in [1.82, 2.24) is 14.7 Å². The molecule has 0 spiro atoms. The predicted octanol–water partition coefficient (Wildman–Crippen LogP) is 2.17. The van der Waals surface area contributed by atoms with Crippen LogP contribution in [0, 0.1) is 0 Å². The number of aromatic nitrogens is 2. The van der Waals surface area contributed by atoms with Gasteiger partial charge in [-0.05, 0) is 56.7 Å². The van der Waals surface area contributed by atoms with Gasteiger partial charge in [0, 0.05) is 19.1 Å². The Morgan fingerprint density at radius 2 is 2.21 bits per heavy atom. The molecule has 0 unspecified atom stereocenters. The summed E-state index contributed by atoms with van der Waals surface area (Å²) >= 11 is 3.33. The van der Waals surface area contributed by atoms with Gasteiger partial charge in [-0.1, -0.05) is 0 Å². The first-order chi connectivity index (χ1) is 8.97. The molecule has 1 rings (SSSR count). The smallest absolute Gasteiger partial charge is 0.283 e. The molecule has 0 atom stereocenters. The summed E-state index contributed by atoms with van der Waals surface area (Å²) in [6.45, 7) is 8.69. The fourth-order valence-corrected chi connectivity index (χ4v) is 2.07. The second-order valence-electron chi connectivity index (χ2n) is 4.85. The highest BCUT2D eigenvalue weighted by atomic mass is 79.9. The van der Waals surface area contributed by atoms with E-state index in [1.165, 1.54) is 4.68 Å². The van der Waals surface area contributed by atoms with E-state index < -0.39 is 0 Å². The molecule has 108 valence electrons. The molecule has 0 aliphatic carbocycles. The number of halogens is 1. The molecule has 0 aromatic carbocycles. The summed E-state index contributed by atoms with van der Waals surface area (Å²) in [5.74, 6) is 0. The van der Waals surface area contributed by atoms with E-state index in [9.17, 15) is 4.79 Å². The number of nitrogens with one attached hydrogen (secondary N) is 1. The first kappa shape index (κ1) is 16.2. The summed E-state index contributed by atoms with van der Waals surface area (Å²) in [6, 6.07) is 0.557. The van der Waals surface area contributed by atoms with E-state index >= 15 is 0 Å². The van der Waals surface area contributed by atoms with Gasteiger partial charge in [-0.25, -0.2) is 4.68 Å². The topological polar surface area (TPSA) is 50.2 Å². The third-order valence-electron chi connectivity index (χ3n) is 3.17. The fourth-order valence-electron chi connectivity index (χ4n) is 1.62. The van der Waals surface area contributed by atoms with Gasteiger partial charge in [0.25, 0.3) is 5.56 Å². The molecule has 0 aliphatic rings. The summed E-state index contributed by atoms with van der Waals surface area (Å²) in [4.78, 5) is 14.2. The number of anilines is 1. The molecule has 0 saturated carbocycles. The Kier molecular flexibility index (Phi) is 6.51. The third-order valence-corrected chi connectivity index (χ3v) is 3.94. The number of aryl methyl sites for hydroxylation is 1. The highest BCUT2D eigenvalue weighted by molar-refractivity contribution is 9.10. The highest BCUT2D eigenvalue weighted by Crippen LogP contribution is 2.15. The highest BCUT2D eigenvalue weighted by Gasteiger charge is 2.07. The zero-order valence-electron chi connectivity index (χ0n) is 12.1. The van der Waals surface area contributed by atoms with Crippen molar-refractivity contribution in [3.05, 3.63) is 21.0 Å². The first-order valence-corrected chi connectivity index (χ1v) is 7.46. The Hall–Kier alpha value is -0.880. The van der Waals surface area contributed by atoms with Gasteiger partial charge in [-0.3, -0.25) is 4.79 Å². The molecule has 0 fully saturated rings. The number of hydrogen-bond acceptors (Lipinski definition) is 4. The zero-order valence-corrected chi connectivity index (χ0v) is 13.7. The lowest BCUT2D eigenvalue weighted by molar-refractivity contribution is 0.273. The van der Waals surface area contributed by atoms with Crippen LogP contribution in [0.4, 0.5) is 5.69 Å². The van der Waals surface area contributed by atoms with E-state index in [4.69, 9.17) is 0 Å². The molecular formula is C13H23BrN4O. The lowest BCUT2D eigenvalue weighted by atomic mass is 10.3. The average Bonchev–Trinajstić information content (AvgIpc) is 2.39. The molecule has 0 radical (unpaired) electrons. The van der Waals surface area contributed by atoms with E-state index in [1.807, 2.05) is 6.92 Å². The molecule has 1 heterocycles. The summed E-state index contributed by atoms with van der Waals surface area (Å²) < 4.78 is 1.99. The summed E-state index contributed by atoms with van der Waals surface area (Å²) in [6.07, 6.45) is 2.72. The van der Waals surface area contributed by atoms with E-state index in [0.717, 1.165) is 25.2 Å². The minimum absolute atomic E-state index is 0.0909. The van der Waals surface area contributed by atoms with Crippen LogP contribution in [0.15, 0.2) is 15.5 Å². The average molecular weight is 331 g/mol. The molecule has 1 N–H and O–H groups in total. The second-order valence-corrected chi connectivity index (χ2v) is 5.64. The SMILES string of the molecule is CCn1ncc(NCCCN(C)C(C)C)c(Br)c1=O. The van der Waals surface area contributed by atoms with Crippen molar-refractivity contribution in [2.45, 2.75) is 39.8 Å². The molecule has 1 aromatic heterocycles. The molecule has 0 aliphatic heterocycles. The summed E-state index contributed by atoms with van der Waals surface area (Å²) in [5, 5.41) is 7.35. The van der Waals surface area contributed by atoms with Crippen LogP contribution in [0.2, 0.25) is 0 Å². The van der Waals surface area contributed by atoms with Crippen molar-refractivity contribution >= 4 is 21.6 Å². The standard InChI is InChI=1S/C13H23BrN4O/c1-5-18-13(19)12(14)11(9-16-18)15-7-6-8-17(4)10(2)3/h9-10,15H,5-8H2,1-4H3. The Morgan fingerprint density at radius 3 is 2.79 bits per heavy atom. The Bertz CT molecular complexity index is 458. The van der Waals surface area contributed by atoms with Gasteiger partial charge in [0.05, 0.1) is 11.9 Å². The maximum Gasteiger partial charge on any atom is 0.283 e. The Labute approximate surface area is 123 Å². The summed E-state index contributed by atoms with van der Waals surface area (Å²) in [5.41, 5.74) is 0.675. The molecule has 0 bridgehead atoms. The fraction of sp³-hybridized carbons (Fsp3) is 0.692. The molecule has 0 amide bonds. The maximum absolute atomic E-state index is 11.9. The van der Waals surface area contributed by atoms with Crippen molar-refractivity contribution in [1.29, 1.82) is 0 Å². The van der Waals surface area contributed by atoms with Crippen LogP contribution in [0.25, 0.3) is 0 Å². The van der Waals surface area contributed by atoms with Crippen LogP contribution in [-0.2, 0) is 6.54 Å². The van der Waals surface area contributed by atoms with Crippen LogP contribution < -0.4 is 10.9 Å². The van der Waals surface area contributed by atoms with Gasteiger partial charge < -0.3 is 10.2 Å². The normalized spacial score (nSPS) is 11.3. The third kappa shape index (κ3) is 4.62. The number of hydrogen-bond donors (Lipinski definition) is 1. The minimum atomic E-state index is -0.0909. The van der Waals surface area contributed by atoms with Crippen LogP contribution in [0.1, 0.15) is 27.2 Å². The minimum Gasteiger partial charge on any atom is -0.383 e.